The van der Waals surface area contributed by atoms with E-state index in [9.17, 15) is 4.79 Å². The minimum atomic E-state index is -0.440. The number of hydrogen-bond donors (Lipinski definition) is 0. The number of unbranched alkanes of at least 4 members (excludes halogenated alkanes) is 1. The first-order valence-electron chi connectivity index (χ1n) is 7.50. The van der Waals surface area contributed by atoms with E-state index in [0.717, 1.165) is 43.3 Å². The summed E-state index contributed by atoms with van der Waals surface area (Å²) >= 11 is 2.37. The first-order valence-corrected chi connectivity index (χ1v) is 9.02. The number of carbonyl (C=O) groups excluding carboxylic acids is 1. The smallest absolute Gasteiger partial charge is 0.410 e. The van der Waals surface area contributed by atoms with Gasteiger partial charge in [0.15, 0.2) is 0 Å². The van der Waals surface area contributed by atoms with Crippen molar-refractivity contribution < 1.29 is 14.3 Å². The van der Waals surface area contributed by atoms with E-state index < -0.39 is 5.60 Å². The van der Waals surface area contributed by atoms with Gasteiger partial charge in [-0.2, -0.15) is 0 Å². The van der Waals surface area contributed by atoms with E-state index in [1.54, 1.807) is 4.90 Å². The van der Waals surface area contributed by atoms with E-state index in [-0.39, 0.29) is 11.7 Å². The minimum absolute atomic E-state index is 0.190. The van der Waals surface area contributed by atoms with Crippen LogP contribution in [-0.2, 0) is 9.47 Å². The summed E-state index contributed by atoms with van der Waals surface area (Å²) in [5, 5.41) is 0. The molecule has 0 spiro atoms. The van der Waals surface area contributed by atoms with E-state index >= 15 is 0 Å². The maximum Gasteiger partial charge on any atom is 0.410 e. The molecule has 1 rings (SSSR count). The van der Waals surface area contributed by atoms with Crippen LogP contribution in [-0.4, -0.2) is 46.3 Å². The summed E-state index contributed by atoms with van der Waals surface area (Å²) in [5.41, 5.74) is -0.629. The number of alkyl halides is 1. The molecule has 0 N–H and O–H groups in total. The molecule has 0 aromatic heterocycles. The Bertz CT molecular complexity index is 317. The van der Waals surface area contributed by atoms with Crippen molar-refractivity contribution in [2.24, 2.45) is 0 Å². The third-order valence-electron chi connectivity index (χ3n) is 3.34. The van der Waals surface area contributed by atoms with Gasteiger partial charge in [0.05, 0.1) is 12.1 Å². The normalized spacial score (nSPS) is 23.8. The molecule has 1 amide bonds. The van der Waals surface area contributed by atoms with Gasteiger partial charge < -0.3 is 14.4 Å². The summed E-state index contributed by atoms with van der Waals surface area (Å²) < 4.78 is 12.5. The lowest BCUT2D eigenvalue weighted by atomic mass is 9.95. The van der Waals surface area contributed by atoms with Crippen LogP contribution in [0.15, 0.2) is 0 Å². The van der Waals surface area contributed by atoms with Crippen LogP contribution in [0.1, 0.15) is 53.4 Å². The van der Waals surface area contributed by atoms with Crippen LogP contribution in [0.3, 0.4) is 0 Å². The van der Waals surface area contributed by atoms with Gasteiger partial charge in [-0.05, 0) is 40.0 Å². The third-order valence-corrected chi connectivity index (χ3v) is 4.73. The molecular weight excluding hydrogens is 369 g/mol. The zero-order chi connectivity index (χ0) is 15.2. The van der Waals surface area contributed by atoms with Crippen molar-refractivity contribution in [3.63, 3.8) is 0 Å². The second-order valence-electron chi connectivity index (χ2n) is 6.52. The fourth-order valence-corrected chi connectivity index (χ4v) is 3.12. The molecule has 1 aliphatic heterocycles. The SMILES string of the molecule is CCCCOC1(CI)CCCN(C(=O)OC(C)(C)C)C1. The highest BCUT2D eigenvalue weighted by Gasteiger charge is 2.38. The lowest BCUT2D eigenvalue weighted by molar-refractivity contribution is -0.0756. The number of piperidine rings is 1. The van der Waals surface area contributed by atoms with E-state index in [2.05, 4.69) is 29.5 Å². The van der Waals surface area contributed by atoms with Crippen LogP contribution >= 0.6 is 22.6 Å². The molecule has 20 heavy (non-hydrogen) atoms. The number of carbonyl (C=O) groups is 1. The van der Waals surface area contributed by atoms with Crippen molar-refractivity contribution in [3.05, 3.63) is 0 Å². The highest BCUT2D eigenvalue weighted by molar-refractivity contribution is 14.1. The lowest BCUT2D eigenvalue weighted by Crippen LogP contribution is -2.53. The first-order chi connectivity index (χ1) is 9.32. The Morgan fingerprint density at radius 1 is 1.40 bits per heavy atom. The molecule has 5 heteroatoms. The average molecular weight is 397 g/mol. The fraction of sp³-hybridized carbons (Fsp3) is 0.933. The zero-order valence-electron chi connectivity index (χ0n) is 13.2. The van der Waals surface area contributed by atoms with Crippen LogP contribution in [0.5, 0.6) is 0 Å². The van der Waals surface area contributed by atoms with Crippen molar-refractivity contribution in [2.45, 2.75) is 64.6 Å². The summed E-state index contributed by atoms with van der Waals surface area (Å²) in [6.45, 7) is 10.1. The van der Waals surface area contributed by atoms with Crippen molar-refractivity contribution in [3.8, 4) is 0 Å². The van der Waals surface area contributed by atoms with Gasteiger partial charge in [-0.1, -0.05) is 35.9 Å². The number of hydrogen-bond acceptors (Lipinski definition) is 3. The molecule has 0 saturated carbocycles. The minimum Gasteiger partial charge on any atom is -0.444 e. The maximum atomic E-state index is 12.2. The predicted molar refractivity (Wildman–Crippen MR) is 89.5 cm³/mol. The average Bonchev–Trinajstić information content (AvgIpc) is 2.37. The number of rotatable bonds is 5. The van der Waals surface area contributed by atoms with E-state index in [1.807, 2.05) is 20.8 Å². The lowest BCUT2D eigenvalue weighted by Gasteiger charge is -2.42. The van der Waals surface area contributed by atoms with Gasteiger partial charge in [-0.15, -0.1) is 0 Å². The van der Waals surface area contributed by atoms with Gasteiger partial charge in [0.25, 0.3) is 0 Å². The van der Waals surface area contributed by atoms with Crippen LogP contribution in [0.25, 0.3) is 0 Å². The topological polar surface area (TPSA) is 38.8 Å². The number of likely N-dealkylation sites (tertiary alicyclic amines) is 1. The highest BCUT2D eigenvalue weighted by Crippen LogP contribution is 2.28. The van der Waals surface area contributed by atoms with Crippen molar-refractivity contribution in [1.82, 2.24) is 4.90 Å². The molecular formula is C15H28INO3. The largest absolute Gasteiger partial charge is 0.444 e. The number of nitrogens with zero attached hydrogens (tertiary/aromatic N) is 1. The fourth-order valence-electron chi connectivity index (χ4n) is 2.28. The number of ether oxygens (including phenoxy) is 2. The second-order valence-corrected chi connectivity index (χ2v) is 7.29. The Morgan fingerprint density at radius 2 is 2.10 bits per heavy atom. The summed E-state index contributed by atoms with van der Waals surface area (Å²) in [7, 11) is 0. The van der Waals surface area contributed by atoms with Gasteiger partial charge >= 0.3 is 6.09 Å². The van der Waals surface area contributed by atoms with Crippen molar-refractivity contribution in [1.29, 1.82) is 0 Å². The van der Waals surface area contributed by atoms with Gasteiger partial charge in [-0.3, -0.25) is 0 Å². The van der Waals surface area contributed by atoms with Gasteiger partial charge in [-0.25, -0.2) is 4.79 Å². The number of halogens is 1. The number of amides is 1. The second kappa shape index (κ2) is 7.82. The van der Waals surface area contributed by atoms with Gasteiger partial charge in [0.1, 0.15) is 5.60 Å². The highest BCUT2D eigenvalue weighted by atomic mass is 127. The quantitative estimate of drug-likeness (QED) is 0.400. The van der Waals surface area contributed by atoms with E-state index in [1.165, 1.54) is 0 Å². The summed E-state index contributed by atoms with van der Waals surface area (Å²) in [4.78, 5) is 14.0. The zero-order valence-corrected chi connectivity index (χ0v) is 15.4. The molecule has 4 nitrogen and oxygen atoms in total. The first kappa shape index (κ1) is 18.0. The Balaban J connectivity index is 2.61. The Morgan fingerprint density at radius 3 is 2.65 bits per heavy atom. The van der Waals surface area contributed by atoms with Crippen molar-refractivity contribution >= 4 is 28.7 Å². The molecule has 0 aromatic rings. The van der Waals surface area contributed by atoms with Crippen LogP contribution in [0.2, 0.25) is 0 Å². The van der Waals surface area contributed by atoms with Gasteiger partial charge in [0, 0.05) is 17.6 Å². The molecule has 1 aliphatic rings. The molecule has 1 heterocycles. The summed E-state index contributed by atoms with van der Waals surface area (Å²) in [6, 6.07) is 0. The molecule has 0 aromatic carbocycles. The molecule has 118 valence electrons. The Labute approximate surface area is 136 Å². The predicted octanol–water partition coefficient (Wildman–Crippen LogP) is 4.01. The van der Waals surface area contributed by atoms with E-state index in [4.69, 9.17) is 9.47 Å². The Kier molecular flexibility index (Phi) is 7.04. The molecule has 0 aliphatic carbocycles. The van der Waals surface area contributed by atoms with Gasteiger partial charge in [0.2, 0.25) is 0 Å². The molecule has 1 atom stereocenters. The third kappa shape index (κ3) is 5.76. The van der Waals surface area contributed by atoms with Crippen LogP contribution in [0, 0.1) is 0 Å². The molecule has 1 unspecified atom stereocenters. The van der Waals surface area contributed by atoms with Crippen molar-refractivity contribution in [2.75, 3.05) is 24.1 Å². The van der Waals surface area contributed by atoms with Crippen LogP contribution < -0.4 is 0 Å². The molecule has 0 radical (unpaired) electrons. The maximum absolute atomic E-state index is 12.2. The van der Waals surface area contributed by atoms with Crippen LogP contribution in [0.4, 0.5) is 4.79 Å². The molecule has 1 fully saturated rings. The van der Waals surface area contributed by atoms with E-state index in [0.29, 0.717) is 6.54 Å². The Hall–Kier alpha value is -0.0400. The summed E-state index contributed by atoms with van der Waals surface area (Å²) in [6.07, 6.45) is 4.00. The monoisotopic (exact) mass is 397 g/mol. The molecule has 1 saturated heterocycles. The summed E-state index contributed by atoms with van der Waals surface area (Å²) in [5.74, 6) is 0. The molecule has 0 bridgehead atoms. The standard InChI is InChI=1S/C15H28INO3/c1-5-6-10-19-15(11-16)8-7-9-17(12-15)13(18)20-14(2,3)4/h5-12H2,1-4H3.